The fourth-order valence-electron chi connectivity index (χ4n) is 4.97. The zero-order valence-corrected chi connectivity index (χ0v) is 15.2. The number of fused-ring (bicyclic) bond motifs is 2. The van der Waals surface area contributed by atoms with Crippen LogP contribution in [0.4, 0.5) is 0 Å². The normalized spacial score (nSPS) is 28.3. The van der Waals surface area contributed by atoms with Crippen molar-refractivity contribution < 1.29 is 8.42 Å². The molecular weight excluding hydrogens is 332 g/mol. The van der Waals surface area contributed by atoms with Gasteiger partial charge in [0.1, 0.15) is 0 Å². The summed E-state index contributed by atoms with van der Waals surface area (Å²) in [6.45, 7) is 3.64. The molecule has 3 fully saturated rings. The molecule has 2 heterocycles. The van der Waals surface area contributed by atoms with Crippen molar-refractivity contribution in [2.45, 2.75) is 30.2 Å². The molecule has 0 N–H and O–H groups in total. The monoisotopic (exact) mass is 356 g/mol. The molecule has 0 bridgehead atoms. The number of rotatable bonds is 3. The van der Waals surface area contributed by atoms with Crippen molar-refractivity contribution >= 4 is 20.8 Å². The molecule has 0 radical (unpaired) electrons. The lowest BCUT2D eigenvalue weighted by molar-refractivity contribution is 0.102. The topological polar surface area (TPSA) is 40.6 Å². The highest BCUT2D eigenvalue weighted by Crippen LogP contribution is 2.40. The molecule has 132 valence electrons. The van der Waals surface area contributed by atoms with E-state index < -0.39 is 10.0 Å². The zero-order chi connectivity index (χ0) is 17.0. The molecule has 2 saturated heterocycles. The van der Waals surface area contributed by atoms with Crippen molar-refractivity contribution in [2.24, 2.45) is 11.8 Å². The van der Waals surface area contributed by atoms with Crippen LogP contribution in [0.3, 0.4) is 0 Å². The highest BCUT2D eigenvalue weighted by atomic mass is 32.2. The summed E-state index contributed by atoms with van der Waals surface area (Å²) in [5.41, 5.74) is 0. The van der Waals surface area contributed by atoms with Gasteiger partial charge < -0.3 is 0 Å². The molecule has 0 aromatic heterocycles. The van der Waals surface area contributed by atoms with E-state index in [0.29, 0.717) is 24.0 Å². The highest BCUT2D eigenvalue weighted by molar-refractivity contribution is 7.89. The van der Waals surface area contributed by atoms with E-state index >= 15 is 0 Å². The Balaban J connectivity index is 1.34. The third kappa shape index (κ3) is 2.52. The van der Waals surface area contributed by atoms with Crippen LogP contribution in [0.5, 0.6) is 0 Å². The number of nitrogens with zero attached hydrogens (tertiary/aromatic N) is 2. The molecule has 2 aromatic rings. The molecule has 5 heteroatoms. The van der Waals surface area contributed by atoms with Gasteiger partial charge in [0.05, 0.1) is 4.90 Å². The minimum atomic E-state index is -3.40. The molecule has 1 aliphatic carbocycles. The Hall–Kier alpha value is -1.43. The van der Waals surface area contributed by atoms with Gasteiger partial charge >= 0.3 is 0 Å². The standard InChI is InChI=1S/C20H24N2O2S/c23-25(24,20-10-4-6-15-5-1-2-9-19(15)20)22-13-18(14-22)21-11-16-7-3-8-17(16)12-21/h1-2,4-6,9-10,16-18H,3,7-8,11-14H2. The van der Waals surface area contributed by atoms with Crippen LogP contribution >= 0.6 is 0 Å². The predicted molar refractivity (Wildman–Crippen MR) is 98.9 cm³/mol. The van der Waals surface area contributed by atoms with E-state index in [-0.39, 0.29) is 0 Å². The van der Waals surface area contributed by atoms with Crippen molar-refractivity contribution in [1.29, 1.82) is 0 Å². The molecule has 5 rings (SSSR count). The Morgan fingerprint density at radius 1 is 0.840 bits per heavy atom. The van der Waals surface area contributed by atoms with Gasteiger partial charge in [-0.3, -0.25) is 4.90 Å². The summed E-state index contributed by atoms with van der Waals surface area (Å²) in [5, 5.41) is 1.80. The minimum absolute atomic E-state index is 0.412. The molecule has 0 spiro atoms. The lowest BCUT2D eigenvalue weighted by Crippen LogP contribution is -2.60. The summed E-state index contributed by atoms with van der Waals surface area (Å²) >= 11 is 0. The van der Waals surface area contributed by atoms with Gasteiger partial charge in [-0.25, -0.2) is 8.42 Å². The number of sulfonamides is 1. The summed E-state index contributed by atoms with van der Waals surface area (Å²) < 4.78 is 27.8. The van der Waals surface area contributed by atoms with Crippen LogP contribution in [0.25, 0.3) is 10.8 Å². The van der Waals surface area contributed by atoms with Crippen LogP contribution in [-0.4, -0.2) is 49.8 Å². The van der Waals surface area contributed by atoms with Crippen molar-refractivity contribution in [2.75, 3.05) is 26.2 Å². The second kappa shape index (κ2) is 5.79. The van der Waals surface area contributed by atoms with E-state index in [1.54, 1.807) is 10.4 Å². The van der Waals surface area contributed by atoms with Gasteiger partial charge in [0.15, 0.2) is 0 Å². The van der Waals surface area contributed by atoms with Crippen LogP contribution in [-0.2, 0) is 10.0 Å². The van der Waals surface area contributed by atoms with Crippen molar-refractivity contribution in [3.63, 3.8) is 0 Å². The van der Waals surface area contributed by atoms with Gasteiger partial charge in [-0.2, -0.15) is 4.31 Å². The van der Waals surface area contributed by atoms with Crippen LogP contribution < -0.4 is 0 Å². The van der Waals surface area contributed by atoms with E-state index in [1.165, 1.54) is 32.4 Å². The predicted octanol–water partition coefficient (Wildman–Crippen LogP) is 2.94. The lowest BCUT2D eigenvalue weighted by atomic mass is 10.0. The van der Waals surface area contributed by atoms with Gasteiger partial charge in [-0.05, 0) is 36.1 Å². The molecular formula is C20H24N2O2S. The SMILES string of the molecule is O=S(=O)(c1cccc2ccccc12)N1CC(N2CC3CCCC3C2)C1. The third-order valence-corrected chi connectivity index (χ3v) is 8.36. The van der Waals surface area contributed by atoms with Crippen LogP contribution in [0.15, 0.2) is 47.4 Å². The zero-order valence-electron chi connectivity index (χ0n) is 14.3. The number of hydrogen-bond donors (Lipinski definition) is 0. The Morgan fingerprint density at radius 2 is 1.52 bits per heavy atom. The molecule has 2 unspecified atom stereocenters. The van der Waals surface area contributed by atoms with E-state index in [9.17, 15) is 8.42 Å². The maximum atomic E-state index is 13.1. The number of benzene rings is 2. The first-order chi connectivity index (χ1) is 12.1. The molecule has 1 saturated carbocycles. The minimum Gasteiger partial charge on any atom is -0.297 e. The van der Waals surface area contributed by atoms with Gasteiger partial charge in [-0.1, -0.05) is 42.8 Å². The van der Waals surface area contributed by atoms with Gasteiger partial charge in [0.2, 0.25) is 10.0 Å². The maximum absolute atomic E-state index is 13.1. The van der Waals surface area contributed by atoms with E-state index in [2.05, 4.69) is 4.90 Å². The van der Waals surface area contributed by atoms with Crippen LogP contribution in [0, 0.1) is 11.8 Å². The summed E-state index contributed by atoms with van der Waals surface area (Å²) in [6.07, 6.45) is 4.12. The Morgan fingerprint density at radius 3 is 2.28 bits per heavy atom. The lowest BCUT2D eigenvalue weighted by Gasteiger charge is -2.43. The quantitative estimate of drug-likeness (QED) is 0.849. The Kier molecular flexibility index (Phi) is 3.66. The molecule has 25 heavy (non-hydrogen) atoms. The van der Waals surface area contributed by atoms with E-state index in [0.717, 1.165) is 22.6 Å². The molecule has 3 aliphatic rings. The molecule has 2 aliphatic heterocycles. The highest BCUT2D eigenvalue weighted by Gasteiger charge is 2.45. The molecule has 0 amide bonds. The van der Waals surface area contributed by atoms with Crippen molar-refractivity contribution in [3.05, 3.63) is 42.5 Å². The van der Waals surface area contributed by atoms with Gasteiger partial charge in [-0.15, -0.1) is 0 Å². The van der Waals surface area contributed by atoms with Crippen LogP contribution in [0.1, 0.15) is 19.3 Å². The van der Waals surface area contributed by atoms with Crippen molar-refractivity contribution in [3.8, 4) is 0 Å². The first-order valence-corrected chi connectivity index (χ1v) is 10.8. The molecule has 4 nitrogen and oxygen atoms in total. The Labute approximate surface area is 149 Å². The van der Waals surface area contributed by atoms with Gasteiger partial charge in [0, 0.05) is 37.6 Å². The van der Waals surface area contributed by atoms with E-state index in [4.69, 9.17) is 0 Å². The Bertz CT molecular complexity index is 888. The smallest absolute Gasteiger partial charge is 0.243 e. The first-order valence-electron chi connectivity index (χ1n) is 9.35. The fraction of sp³-hybridized carbons (Fsp3) is 0.500. The average molecular weight is 356 g/mol. The second-order valence-corrected chi connectivity index (χ2v) is 9.76. The van der Waals surface area contributed by atoms with Crippen molar-refractivity contribution in [1.82, 2.24) is 9.21 Å². The number of likely N-dealkylation sites (tertiary alicyclic amines) is 1. The number of hydrogen-bond acceptors (Lipinski definition) is 3. The summed E-state index contributed by atoms with van der Waals surface area (Å²) in [6, 6.07) is 13.7. The third-order valence-electron chi connectivity index (χ3n) is 6.47. The average Bonchev–Trinajstić information content (AvgIpc) is 3.14. The summed E-state index contributed by atoms with van der Waals surface area (Å²) in [7, 11) is -3.40. The largest absolute Gasteiger partial charge is 0.297 e. The summed E-state index contributed by atoms with van der Waals surface area (Å²) in [4.78, 5) is 2.99. The first kappa shape index (κ1) is 15.8. The molecule has 2 atom stereocenters. The summed E-state index contributed by atoms with van der Waals surface area (Å²) in [5.74, 6) is 1.73. The van der Waals surface area contributed by atoms with E-state index in [1.807, 2.05) is 36.4 Å². The van der Waals surface area contributed by atoms with Gasteiger partial charge in [0.25, 0.3) is 0 Å². The fourth-order valence-corrected chi connectivity index (χ4v) is 6.70. The van der Waals surface area contributed by atoms with Crippen LogP contribution in [0.2, 0.25) is 0 Å². The molecule has 2 aromatic carbocycles. The second-order valence-electron chi connectivity index (χ2n) is 7.86. The maximum Gasteiger partial charge on any atom is 0.243 e.